The van der Waals surface area contributed by atoms with Crippen molar-refractivity contribution in [1.29, 1.82) is 0 Å². The zero-order valence-electron chi connectivity index (χ0n) is 14.5. The number of piperidine rings is 1. The second-order valence-corrected chi connectivity index (χ2v) is 7.84. The van der Waals surface area contributed by atoms with E-state index in [0.717, 1.165) is 57.2 Å². The van der Waals surface area contributed by atoms with E-state index in [1.54, 1.807) is 12.1 Å². The van der Waals surface area contributed by atoms with E-state index in [1.807, 2.05) is 0 Å². The third-order valence-corrected chi connectivity index (χ3v) is 6.10. The Labute approximate surface area is 150 Å². The Morgan fingerprint density at radius 1 is 1.08 bits per heavy atom. The molecule has 0 N–H and O–H groups in total. The highest BCUT2D eigenvalue weighted by molar-refractivity contribution is 5.88. The van der Waals surface area contributed by atoms with Crippen LogP contribution in [0.3, 0.4) is 0 Å². The van der Waals surface area contributed by atoms with Crippen molar-refractivity contribution in [3.05, 3.63) is 23.8 Å². The number of carbonyl (C=O) groups is 1. The summed E-state index contributed by atoms with van der Waals surface area (Å²) in [5.41, 5.74) is 0.448. The molecule has 140 valence electrons. The number of likely N-dealkylation sites (tertiary alicyclic amines) is 2. The minimum absolute atomic E-state index is 0.0588. The molecule has 1 atom stereocenters. The number of halogens is 2. The lowest BCUT2D eigenvalue weighted by molar-refractivity contribution is -0.286. The molecule has 0 radical (unpaired) electrons. The summed E-state index contributed by atoms with van der Waals surface area (Å²) in [6.45, 7) is 2.29. The summed E-state index contributed by atoms with van der Waals surface area (Å²) in [4.78, 5) is 17.6. The molecule has 26 heavy (non-hydrogen) atoms. The molecule has 7 heteroatoms. The first-order valence-electron chi connectivity index (χ1n) is 9.42. The molecule has 0 bridgehead atoms. The third-order valence-electron chi connectivity index (χ3n) is 6.10. The van der Waals surface area contributed by atoms with E-state index in [2.05, 4.69) is 19.3 Å². The molecule has 3 aliphatic heterocycles. The lowest BCUT2D eigenvalue weighted by Crippen LogP contribution is -2.60. The number of nitrogens with zero attached hydrogens (tertiary/aromatic N) is 2. The van der Waals surface area contributed by atoms with Crippen molar-refractivity contribution in [1.82, 2.24) is 9.80 Å². The molecule has 5 nitrogen and oxygen atoms in total. The van der Waals surface area contributed by atoms with Crippen molar-refractivity contribution in [2.75, 3.05) is 13.1 Å². The number of ether oxygens (including phenoxy) is 2. The molecule has 0 aromatic heterocycles. The van der Waals surface area contributed by atoms with Crippen LogP contribution in [0, 0.1) is 0 Å². The SMILES string of the molecule is O=C1N(C2CC2)CCCC12CCCN2Cc1ccc2c(c1)OC(F)(F)O2. The average Bonchev–Trinajstić information content (AvgIpc) is 3.28. The number of alkyl halides is 2. The normalized spacial score (nSPS) is 30.4. The van der Waals surface area contributed by atoms with E-state index in [0.29, 0.717) is 12.6 Å². The summed E-state index contributed by atoms with van der Waals surface area (Å²) in [7, 11) is 0. The minimum atomic E-state index is -3.60. The summed E-state index contributed by atoms with van der Waals surface area (Å²) in [5, 5.41) is 0. The fraction of sp³-hybridized carbons (Fsp3) is 0.632. The second-order valence-electron chi connectivity index (χ2n) is 7.84. The molecule has 4 aliphatic rings. The smallest absolute Gasteiger partial charge is 0.395 e. The Bertz CT molecular complexity index is 752. The molecule has 1 amide bonds. The van der Waals surface area contributed by atoms with E-state index >= 15 is 0 Å². The Kier molecular flexibility index (Phi) is 3.48. The number of fused-ring (bicyclic) bond motifs is 1. The van der Waals surface area contributed by atoms with Crippen LogP contribution in [0.2, 0.25) is 0 Å². The molecule has 1 unspecified atom stereocenters. The Morgan fingerprint density at radius 2 is 1.81 bits per heavy atom. The van der Waals surface area contributed by atoms with E-state index in [-0.39, 0.29) is 17.4 Å². The van der Waals surface area contributed by atoms with Gasteiger partial charge in [0.15, 0.2) is 11.5 Å². The average molecular weight is 364 g/mol. The van der Waals surface area contributed by atoms with Crippen LogP contribution < -0.4 is 9.47 Å². The maximum atomic E-state index is 13.2. The first kappa shape index (κ1) is 16.3. The predicted octanol–water partition coefficient (Wildman–Crippen LogP) is 3.13. The molecule has 1 saturated carbocycles. The standard InChI is InChI=1S/C19H22F2N2O3/c20-19(21)25-15-6-3-13(11-16(15)26-19)12-22-9-1-7-18(22)8-2-10-23(17(18)24)14-4-5-14/h3,6,11,14H,1-2,4-5,7-10,12H2. The molecule has 1 aromatic rings. The number of hydrogen-bond acceptors (Lipinski definition) is 4. The molecule has 1 aromatic carbocycles. The first-order chi connectivity index (χ1) is 12.5. The van der Waals surface area contributed by atoms with Crippen LogP contribution >= 0.6 is 0 Å². The summed E-state index contributed by atoms with van der Waals surface area (Å²) in [5.74, 6) is 0.398. The van der Waals surface area contributed by atoms with Crippen molar-refractivity contribution in [2.24, 2.45) is 0 Å². The van der Waals surface area contributed by atoms with Crippen LogP contribution in [-0.2, 0) is 11.3 Å². The maximum absolute atomic E-state index is 13.2. The van der Waals surface area contributed by atoms with Gasteiger partial charge < -0.3 is 14.4 Å². The van der Waals surface area contributed by atoms with Crippen molar-refractivity contribution in [3.63, 3.8) is 0 Å². The van der Waals surface area contributed by atoms with Gasteiger partial charge >= 0.3 is 6.29 Å². The zero-order chi connectivity index (χ0) is 17.9. The van der Waals surface area contributed by atoms with Gasteiger partial charge in [-0.2, -0.15) is 0 Å². The topological polar surface area (TPSA) is 42.0 Å². The lowest BCUT2D eigenvalue weighted by atomic mass is 9.85. The van der Waals surface area contributed by atoms with Gasteiger partial charge in [0.05, 0.1) is 0 Å². The van der Waals surface area contributed by atoms with E-state index < -0.39 is 11.8 Å². The quantitative estimate of drug-likeness (QED) is 0.826. The van der Waals surface area contributed by atoms with E-state index in [1.165, 1.54) is 6.07 Å². The van der Waals surface area contributed by atoms with Crippen LogP contribution in [0.1, 0.15) is 44.1 Å². The van der Waals surface area contributed by atoms with Crippen molar-refractivity contribution in [3.8, 4) is 11.5 Å². The molecule has 3 fully saturated rings. The summed E-state index contributed by atoms with van der Waals surface area (Å²) in [6, 6.07) is 5.35. The van der Waals surface area contributed by atoms with Gasteiger partial charge in [-0.25, -0.2) is 0 Å². The summed E-state index contributed by atoms with van der Waals surface area (Å²) < 4.78 is 35.5. The second kappa shape index (κ2) is 5.55. The number of hydrogen-bond donors (Lipinski definition) is 0. The van der Waals surface area contributed by atoms with Crippen LogP contribution in [0.4, 0.5) is 8.78 Å². The zero-order valence-corrected chi connectivity index (χ0v) is 14.5. The summed E-state index contributed by atoms with van der Waals surface area (Å²) >= 11 is 0. The predicted molar refractivity (Wildman–Crippen MR) is 89.0 cm³/mol. The highest BCUT2D eigenvalue weighted by Gasteiger charge is 2.53. The van der Waals surface area contributed by atoms with Crippen molar-refractivity contribution >= 4 is 5.91 Å². The van der Waals surface area contributed by atoms with Gasteiger partial charge in [-0.3, -0.25) is 9.69 Å². The van der Waals surface area contributed by atoms with Gasteiger partial charge in [0.2, 0.25) is 5.91 Å². The minimum Gasteiger partial charge on any atom is -0.395 e. The Balaban J connectivity index is 1.38. The lowest BCUT2D eigenvalue weighted by Gasteiger charge is -2.45. The van der Waals surface area contributed by atoms with E-state index in [4.69, 9.17) is 0 Å². The van der Waals surface area contributed by atoms with Crippen molar-refractivity contribution in [2.45, 2.75) is 62.9 Å². The first-order valence-corrected chi connectivity index (χ1v) is 9.42. The van der Waals surface area contributed by atoms with Gasteiger partial charge in [0.25, 0.3) is 0 Å². The van der Waals surface area contributed by atoms with Crippen LogP contribution in [0.15, 0.2) is 18.2 Å². The van der Waals surface area contributed by atoms with Crippen LogP contribution in [0.25, 0.3) is 0 Å². The fourth-order valence-corrected chi connectivity index (χ4v) is 4.75. The third kappa shape index (κ3) is 2.55. The van der Waals surface area contributed by atoms with Crippen LogP contribution in [0.5, 0.6) is 11.5 Å². The molecular formula is C19H22F2N2O3. The van der Waals surface area contributed by atoms with Gasteiger partial charge in [-0.15, -0.1) is 8.78 Å². The van der Waals surface area contributed by atoms with Crippen molar-refractivity contribution < 1.29 is 23.0 Å². The molecular weight excluding hydrogens is 342 g/mol. The molecule has 5 rings (SSSR count). The highest BCUT2D eigenvalue weighted by atomic mass is 19.3. The maximum Gasteiger partial charge on any atom is 0.586 e. The van der Waals surface area contributed by atoms with Gasteiger partial charge in [-0.1, -0.05) is 6.07 Å². The molecule has 1 aliphatic carbocycles. The number of benzene rings is 1. The summed E-state index contributed by atoms with van der Waals surface area (Å²) in [6.07, 6.45) is 2.45. The van der Waals surface area contributed by atoms with Crippen LogP contribution in [-0.4, -0.2) is 46.7 Å². The largest absolute Gasteiger partial charge is 0.586 e. The van der Waals surface area contributed by atoms with E-state index in [9.17, 15) is 13.6 Å². The number of amides is 1. The molecule has 3 heterocycles. The molecule has 2 saturated heterocycles. The van der Waals surface area contributed by atoms with Gasteiger partial charge in [-0.05, 0) is 62.8 Å². The van der Waals surface area contributed by atoms with Gasteiger partial charge in [0, 0.05) is 19.1 Å². The monoisotopic (exact) mass is 364 g/mol. The molecule has 1 spiro atoms. The highest BCUT2D eigenvalue weighted by Crippen LogP contribution is 2.44. The Hall–Kier alpha value is -1.89. The Morgan fingerprint density at radius 3 is 2.58 bits per heavy atom. The number of rotatable bonds is 3. The number of carbonyl (C=O) groups excluding carboxylic acids is 1. The van der Waals surface area contributed by atoms with Gasteiger partial charge in [0.1, 0.15) is 5.54 Å². The fourth-order valence-electron chi connectivity index (χ4n) is 4.75.